The van der Waals surface area contributed by atoms with Crippen LogP contribution in [0.25, 0.3) is 98.0 Å². The molecule has 0 aromatic heterocycles. The molecular formula is C46H26O. The van der Waals surface area contributed by atoms with Gasteiger partial charge in [-0.05, 0) is 112 Å². The number of fused-ring (bicyclic) bond motifs is 5. The SMILES string of the molecule is [2H]c1c([2H])c2c([2H])c([2H])c3c([2H])c([2H])c([2H])c4c(-c5cc(-c6ccc7c8c(cccc68)-c6ccc8ccccc8c6O7)cc6ccccc56)c([2H])c(c1[2H])c2c34. The van der Waals surface area contributed by atoms with Gasteiger partial charge in [-0.15, -0.1) is 0 Å². The third-order valence-corrected chi connectivity index (χ3v) is 9.64. The zero-order valence-electron chi connectivity index (χ0n) is 33.7. The first kappa shape index (κ1) is 18.1. The number of rotatable bonds is 2. The largest absolute Gasteiger partial charge is 0.455 e. The average Bonchev–Trinajstić information content (AvgIpc) is 3.21. The zero-order valence-corrected chi connectivity index (χ0v) is 24.7. The molecule has 0 aliphatic carbocycles. The molecule has 11 rings (SSSR count). The molecule has 1 aliphatic heterocycles. The van der Waals surface area contributed by atoms with E-state index in [4.69, 9.17) is 14.3 Å². The molecule has 47 heavy (non-hydrogen) atoms. The lowest BCUT2D eigenvalue weighted by molar-refractivity contribution is 0.493. The van der Waals surface area contributed by atoms with E-state index in [0.717, 1.165) is 66.1 Å². The van der Waals surface area contributed by atoms with E-state index in [0.29, 0.717) is 5.56 Å². The van der Waals surface area contributed by atoms with Crippen molar-refractivity contribution in [2.24, 2.45) is 0 Å². The highest BCUT2D eigenvalue weighted by molar-refractivity contribution is 6.27. The maximum atomic E-state index is 9.80. The van der Waals surface area contributed by atoms with Crippen LogP contribution in [-0.4, -0.2) is 0 Å². The predicted octanol–water partition coefficient (Wildman–Crippen LogP) is 13.2. The van der Waals surface area contributed by atoms with Crippen LogP contribution in [-0.2, 0) is 0 Å². The molecule has 10 aromatic carbocycles. The Morgan fingerprint density at radius 1 is 0.404 bits per heavy atom. The average molecular weight is 604 g/mol. The van der Waals surface area contributed by atoms with Gasteiger partial charge in [0, 0.05) is 16.3 Å². The zero-order chi connectivity index (χ0) is 38.5. The number of hydrogen-bond donors (Lipinski definition) is 0. The standard InChI is InChI=1S/C46H26O/c1-4-14-35-27(8-1)20-21-39-37-17-7-16-36-34(22-23-42(45(36)37)47-46(35)39)32-24-30-9-2-3-13-33(30)40(26-32)41-25-31-12-5-10-28-18-19-29-11-6-15-38(41)44(29)43(28)31/h1-26H/i5D,6D,10D,11D,12D,15D,18D,19D,25D. The van der Waals surface area contributed by atoms with Gasteiger partial charge in [0.05, 0.1) is 12.3 Å². The van der Waals surface area contributed by atoms with Crippen LogP contribution >= 0.6 is 0 Å². The van der Waals surface area contributed by atoms with Crippen LogP contribution in [0.15, 0.2) is 158 Å². The quantitative estimate of drug-likeness (QED) is 0.179. The van der Waals surface area contributed by atoms with Crippen LogP contribution < -0.4 is 4.74 Å². The molecule has 0 fully saturated rings. The van der Waals surface area contributed by atoms with Gasteiger partial charge in [-0.1, -0.05) is 127 Å². The monoisotopic (exact) mass is 603 g/mol. The van der Waals surface area contributed by atoms with Crippen molar-refractivity contribution in [3.05, 3.63) is 158 Å². The Balaban J connectivity index is 1.27. The molecular weight excluding hydrogens is 569 g/mol. The van der Waals surface area contributed by atoms with Crippen LogP contribution in [0.4, 0.5) is 0 Å². The van der Waals surface area contributed by atoms with Crippen molar-refractivity contribution in [2.75, 3.05) is 0 Å². The summed E-state index contributed by atoms with van der Waals surface area (Å²) in [5.74, 6) is 1.55. The molecule has 0 N–H and O–H groups in total. The summed E-state index contributed by atoms with van der Waals surface area (Å²) in [6.07, 6.45) is 0. The molecule has 0 spiro atoms. The molecule has 1 heteroatoms. The van der Waals surface area contributed by atoms with Crippen LogP contribution in [0.2, 0.25) is 0 Å². The van der Waals surface area contributed by atoms with Gasteiger partial charge in [0.1, 0.15) is 11.5 Å². The summed E-state index contributed by atoms with van der Waals surface area (Å²) in [6, 6.07) is 30.9. The maximum Gasteiger partial charge on any atom is 0.143 e. The van der Waals surface area contributed by atoms with E-state index in [1.54, 1.807) is 0 Å². The summed E-state index contributed by atoms with van der Waals surface area (Å²) in [7, 11) is 0. The third-order valence-electron chi connectivity index (χ3n) is 9.64. The molecule has 10 aromatic rings. The highest BCUT2D eigenvalue weighted by Crippen LogP contribution is 2.51. The highest BCUT2D eigenvalue weighted by Gasteiger charge is 2.24. The van der Waals surface area contributed by atoms with Gasteiger partial charge in [-0.3, -0.25) is 0 Å². The summed E-state index contributed by atoms with van der Waals surface area (Å²) < 4.78 is 87.9. The van der Waals surface area contributed by atoms with E-state index >= 15 is 0 Å². The lowest BCUT2D eigenvalue weighted by atomic mass is 9.85. The fourth-order valence-electron chi connectivity index (χ4n) is 7.58. The van der Waals surface area contributed by atoms with Crippen LogP contribution in [0.3, 0.4) is 0 Å². The van der Waals surface area contributed by atoms with Gasteiger partial charge in [-0.25, -0.2) is 0 Å². The first-order valence-electron chi connectivity index (χ1n) is 20.0. The van der Waals surface area contributed by atoms with E-state index in [1.807, 2.05) is 60.7 Å². The summed E-state index contributed by atoms with van der Waals surface area (Å²) in [4.78, 5) is 0. The maximum absolute atomic E-state index is 9.80. The topological polar surface area (TPSA) is 9.23 Å². The van der Waals surface area contributed by atoms with Gasteiger partial charge < -0.3 is 4.74 Å². The Kier molecular flexibility index (Phi) is 3.54. The summed E-state index contributed by atoms with van der Waals surface area (Å²) in [6.45, 7) is 0. The lowest BCUT2D eigenvalue weighted by Gasteiger charge is -2.24. The fraction of sp³-hybridized carbons (Fsp3) is 0. The third kappa shape index (κ3) is 3.43. The Bertz CT molecular complexity index is 3450. The molecule has 0 saturated heterocycles. The normalized spacial score (nSPS) is 15.1. The molecule has 0 radical (unpaired) electrons. The van der Waals surface area contributed by atoms with Crippen LogP contribution in [0.1, 0.15) is 12.3 Å². The summed E-state index contributed by atoms with van der Waals surface area (Å²) >= 11 is 0. The van der Waals surface area contributed by atoms with E-state index in [2.05, 4.69) is 42.5 Å². The van der Waals surface area contributed by atoms with Crippen LogP contribution in [0, 0.1) is 0 Å². The fourth-order valence-corrected chi connectivity index (χ4v) is 7.58. The van der Waals surface area contributed by atoms with Crippen molar-refractivity contribution in [3.63, 3.8) is 0 Å². The first-order valence-corrected chi connectivity index (χ1v) is 15.5. The van der Waals surface area contributed by atoms with Crippen LogP contribution in [0.5, 0.6) is 11.5 Å². The number of benzene rings is 10. The van der Waals surface area contributed by atoms with Gasteiger partial charge in [0.25, 0.3) is 0 Å². The van der Waals surface area contributed by atoms with Crippen molar-refractivity contribution < 1.29 is 17.1 Å². The van der Waals surface area contributed by atoms with Crippen molar-refractivity contribution in [2.45, 2.75) is 0 Å². The minimum atomic E-state index is -0.471. The molecule has 1 heterocycles. The Labute approximate surface area is 283 Å². The molecule has 1 aliphatic rings. The Hall–Kier alpha value is -6.18. The molecule has 1 nitrogen and oxygen atoms in total. The van der Waals surface area contributed by atoms with E-state index in [1.165, 1.54) is 0 Å². The molecule has 0 saturated carbocycles. The second-order valence-corrected chi connectivity index (χ2v) is 12.1. The predicted molar refractivity (Wildman–Crippen MR) is 199 cm³/mol. The number of hydrogen-bond acceptors (Lipinski definition) is 1. The lowest BCUT2D eigenvalue weighted by Crippen LogP contribution is -1.99. The smallest absolute Gasteiger partial charge is 0.143 e. The van der Waals surface area contributed by atoms with Crippen molar-refractivity contribution in [3.8, 4) is 44.9 Å². The minimum Gasteiger partial charge on any atom is -0.455 e. The molecule has 0 atom stereocenters. The highest BCUT2D eigenvalue weighted by atomic mass is 16.5. The van der Waals surface area contributed by atoms with Gasteiger partial charge in [0.15, 0.2) is 0 Å². The summed E-state index contributed by atoms with van der Waals surface area (Å²) in [5, 5.41) is 5.98. The van der Waals surface area contributed by atoms with E-state index in [-0.39, 0.29) is 56.0 Å². The van der Waals surface area contributed by atoms with Crippen molar-refractivity contribution >= 4 is 64.6 Å². The van der Waals surface area contributed by atoms with Crippen molar-refractivity contribution in [1.29, 1.82) is 0 Å². The van der Waals surface area contributed by atoms with Crippen molar-refractivity contribution in [1.82, 2.24) is 0 Å². The molecule has 0 unspecified atom stereocenters. The Morgan fingerprint density at radius 2 is 1.15 bits per heavy atom. The second-order valence-electron chi connectivity index (χ2n) is 12.1. The Morgan fingerprint density at radius 3 is 2.06 bits per heavy atom. The molecule has 216 valence electrons. The van der Waals surface area contributed by atoms with Gasteiger partial charge >= 0.3 is 0 Å². The van der Waals surface area contributed by atoms with Gasteiger partial charge in [0.2, 0.25) is 0 Å². The molecule has 0 bridgehead atoms. The van der Waals surface area contributed by atoms with E-state index < -0.39 is 36.3 Å². The van der Waals surface area contributed by atoms with E-state index in [9.17, 15) is 2.74 Å². The summed E-state index contributed by atoms with van der Waals surface area (Å²) in [5.41, 5.74) is 4.53. The minimum absolute atomic E-state index is 0.0120. The first-order chi connectivity index (χ1) is 27.1. The number of ether oxygens (including phenoxy) is 1. The molecule has 0 amide bonds. The second kappa shape index (κ2) is 9.19. The van der Waals surface area contributed by atoms with Gasteiger partial charge in [-0.2, -0.15) is 0 Å².